The van der Waals surface area contributed by atoms with Gasteiger partial charge in [-0.1, -0.05) is 36.4 Å². The number of hydrogen-bond donors (Lipinski definition) is 1. The number of esters is 1. The number of carbonyl (C=O) groups is 2. The molecule has 3 rings (SSSR count). The van der Waals surface area contributed by atoms with E-state index in [2.05, 4.69) is 23.7 Å². The first kappa shape index (κ1) is 21.3. The van der Waals surface area contributed by atoms with Crippen LogP contribution < -0.4 is 5.32 Å². The Bertz CT molecular complexity index is 1080. The number of nitrogens with one attached hydrogen (secondary N) is 1. The van der Waals surface area contributed by atoms with E-state index in [0.29, 0.717) is 5.56 Å². The van der Waals surface area contributed by atoms with E-state index in [4.69, 9.17) is 4.74 Å². The van der Waals surface area contributed by atoms with Crippen LogP contribution in [0.1, 0.15) is 31.0 Å². The number of benzene rings is 2. The highest BCUT2D eigenvalue weighted by molar-refractivity contribution is 5.95. The van der Waals surface area contributed by atoms with E-state index >= 15 is 0 Å². The summed E-state index contributed by atoms with van der Waals surface area (Å²) in [5.41, 5.74) is 2.30. The highest BCUT2D eigenvalue weighted by Crippen LogP contribution is 2.25. The maximum Gasteiger partial charge on any atom is 0.328 e. The molecule has 2 aromatic carbocycles. The van der Waals surface area contributed by atoms with Crippen molar-refractivity contribution >= 4 is 28.9 Å². The molecule has 0 unspecified atom stereocenters. The second kappa shape index (κ2) is 9.39. The van der Waals surface area contributed by atoms with Gasteiger partial charge in [0.05, 0.1) is 7.11 Å². The number of amides is 1. The minimum atomic E-state index is -0.862. The van der Waals surface area contributed by atoms with Crippen molar-refractivity contribution < 1.29 is 18.7 Å². The van der Waals surface area contributed by atoms with E-state index in [-0.39, 0.29) is 12.5 Å². The molecule has 1 N–H and O–H groups in total. The number of ether oxygens (including phenoxy) is 1. The fourth-order valence-electron chi connectivity index (χ4n) is 3.42. The third-order valence-corrected chi connectivity index (χ3v) is 4.93. The third kappa shape index (κ3) is 4.76. The van der Waals surface area contributed by atoms with Crippen molar-refractivity contribution in [3.05, 3.63) is 77.7 Å². The average Bonchev–Trinajstić information content (AvgIpc) is 3.11. The molecule has 1 atom stereocenters. The minimum absolute atomic E-state index is 0.249. The first-order valence-electron chi connectivity index (χ1n) is 9.80. The fraction of sp³-hybridized carbons (Fsp3) is 0.250. The van der Waals surface area contributed by atoms with Gasteiger partial charge in [-0.2, -0.15) is 0 Å². The van der Waals surface area contributed by atoms with Crippen LogP contribution in [0.3, 0.4) is 0 Å². The summed E-state index contributed by atoms with van der Waals surface area (Å²) in [5, 5.41) is 3.70. The van der Waals surface area contributed by atoms with Gasteiger partial charge in [0.2, 0.25) is 5.91 Å². The Balaban J connectivity index is 1.82. The van der Waals surface area contributed by atoms with Crippen LogP contribution in [0, 0.1) is 5.82 Å². The zero-order valence-electron chi connectivity index (χ0n) is 17.3. The second-order valence-electron chi connectivity index (χ2n) is 7.32. The van der Waals surface area contributed by atoms with Crippen molar-refractivity contribution in [2.45, 2.75) is 32.4 Å². The fourth-order valence-corrected chi connectivity index (χ4v) is 3.42. The lowest BCUT2D eigenvalue weighted by Gasteiger charge is -2.15. The van der Waals surface area contributed by atoms with E-state index in [9.17, 15) is 14.0 Å². The molecule has 0 aliphatic rings. The number of nitrogens with zero attached hydrogens (tertiary/aromatic N) is 1. The van der Waals surface area contributed by atoms with E-state index < -0.39 is 23.7 Å². The van der Waals surface area contributed by atoms with Gasteiger partial charge in [0, 0.05) is 41.2 Å². The standard InChI is InChI=1S/C24H25FN2O3/c1-16(2)27-15-18(19-9-5-7-11-22(19)27)14-21(24(29)30-3)26-23(28)13-12-17-8-4-6-10-20(17)25/h4-13,15-16,21H,14H2,1-3H3,(H,26,28)/b13-12+/t21-/m0/s1. The molecule has 1 amide bonds. The molecule has 30 heavy (non-hydrogen) atoms. The molecular formula is C24H25FN2O3. The van der Waals surface area contributed by atoms with Crippen molar-refractivity contribution in [3.63, 3.8) is 0 Å². The molecule has 6 heteroatoms. The summed E-state index contributed by atoms with van der Waals surface area (Å²) in [6, 6.07) is 13.5. The molecule has 0 radical (unpaired) electrons. The molecule has 1 heterocycles. The Labute approximate surface area is 175 Å². The monoisotopic (exact) mass is 408 g/mol. The van der Waals surface area contributed by atoms with E-state index in [0.717, 1.165) is 16.5 Å². The van der Waals surface area contributed by atoms with Crippen molar-refractivity contribution in [3.8, 4) is 0 Å². The molecular weight excluding hydrogens is 383 g/mol. The maximum absolute atomic E-state index is 13.7. The van der Waals surface area contributed by atoms with Gasteiger partial charge in [-0.3, -0.25) is 4.79 Å². The lowest BCUT2D eigenvalue weighted by atomic mass is 10.0. The van der Waals surface area contributed by atoms with Crippen LogP contribution in [-0.4, -0.2) is 29.6 Å². The van der Waals surface area contributed by atoms with Gasteiger partial charge >= 0.3 is 5.97 Å². The molecule has 0 spiro atoms. The van der Waals surface area contributed by atoms with Gasteiger partial charge in [-0.15, -0.1) is 0 Å². The van der Waals surface area contributed by atoms with Gasteiger partial charge < -0.3 is 14.6 Å². The zero-order chi connectivity index (χ0) is 21.7. The number of aromatic nitrogens is 1. The predicted molar refractivity (Wildman–Crippen MR) is 115 cm³/mol. The van der Waals surface area contributed by atoms with Crippen molar-refractivity contribution in [2.24, 2.45) is 0 Å². The van der Waals surface area contributed by atoms with E-state index in [1.807, 2.05) is 30.5 Å². The first-order chi connectivity index (χ1) is 14.4. The first-order valence-corrected chi connectivity index (χ1v) is 9.80. The number of carbonyl (C=O) groups excluding carboxylic acids is 2. The van der Waals surface area contributed by atoms with Gasteiger partial charge in [-0.25, -0.2) is 9.18 Å². The van der Waals surface area contributed by atoms with Gasteiger partial charge in [0.1, 0.15) is 11.9 Å². The molecule has 1 aromatic heterocycles. The summed E-state index contributed by atoms with van der Waals surface area (Å²) in [4.78, 5) is 24.7. The zero-order valence-corrected chi connectivity index (χ0v) is 17.3. The number of fused-ring (bicyclic) bond motifs is 1. The van der Waals surface area contributed by atoms with Crippen LogP contribution in [-0.2, 0) is 20.7 Å². The molecule has 0 aliphatic heterocycles. The van der Waals surface area contributed by atoms with E-state index in [1.54, 1.807) is 18.2 Å². The average molecular weight is 408 g/mol. The Morgan fingerprint density at radius 1 is 1.13 bits per heavy atom. The Morgan fingerprint density at radius 2 is 1.83 bits per heavy atom. The van der Waals surface area contributed by atoms with Crippen LogP contribution in [0.15, 0.2) is 60.8 Å². The number of para-hydroxylation sites is 1. The van der Waals surface area contributed by atoms with Gasteiger partial charge in [0.25, 0.3) is 0 Å². The number of hydrogen-bond acceptors (Lipinski definition) is 3. The van der Waals surface area contributed by atoms with Crippen molar-refractivity contribution in [2.75, 3.05) is 7.11 Å². The largest absolute Gasteiger partial charge is 0.467 e. The number of methoxy groups -OCH3 is 1. The second-order valence-corrected chi connectivity index (χ2v) is 7.32. The summed E-state index contributed by atoms with van der Waals surface area (Å²) < 4.78 is 20.8. The lowest BCUT2D eigenvalue weighted by molar-refractivity contribution is -0.144. The van der Waals surface area contributed by atoms with Crippen LogP contribution in [0.5, 0.6) is 0 Å². The summed E-state index contributed by atoms with van der Waals surface area (Å²) in [5.74, 6) is -1.46. The summed E-state index contributed by atoms with van der Waals surface area (Å²) in [6.45, 7) is 4.17. The van der Waals surface area contributed by atoms with Crippen molar-refractivity contribution in [1.29, 1.82) is 0 Å². The highest BCUT2D eigenvalue weighted by Gasteiger charge is 2.23. The molecule has 3 aromatic rings. The van der Waals surface area contributed by atoms with Gasteiger partial charge in [0.15, 0.2) is 0 Å². The number of rotatable bonds is 7. The molecule has 156 valence electrons. The van der Waals surface area contributed by atoms with Crippen molar-refractivity contribution in [1.82, 2.24) is 9.88 Å². The smallest absolute Gasteiger partial charge is 0.328 e. The van der Waals surface area contributed by atoms with Gasteiger partial charge in [-0.05, 0) is 37.6 Å². The summed E-state index contributed by atoms with van der Waals surface area (Å²) >= 11 is 0. The van der Waals surface area contributed by atoms with Crippen LogP contribution in [0.25, 0.3) is 17.0 Å². The number of halogens is 1. The third-order valence-electron chi connectivity index (χ3n) is 4.93. The van der Waals surface area contributed by atoms with Crippen LogP contribution >= 0.6 is 0 Å². The molecule has 0 saturated heterocycles. The lowest BCUT2D eigenvalue weighted by Crippen LogP contribution is -2.42. The Kier molecular flexibility index (Phi) is 6.67. The molecule has 0 fully saturated rings. The molecule has 0 aliphatic carbocycles. The Morgan fingerprint density at radius 3 is 2.53 bits per heavy atom. The normalized spacial score (nSPS) is 12.4. The molecule has 0 saturated carbocycles. The SMILES string of the molecule is COC(=O)[C@H](Cc1cn(C(C)C)c2ccccc12)NC(=O)/C=C/c1ccccc1F. The summed E-state index contributed by atoms with van der Waals surface area (Å²) in [7, 11) is 1.29. The predicted octanol–water partition coefficient (Wildman–Crippen LogP) is 4.28. The molecule has 5 nitrogen and oxygen atoms in total. The maximum atomic E-state index is 13.7. The quantitative estimate of drug-likeness (QED) is 0.469. The van der Waals surface area contributed by atoms with E-state index in [1.165, 1.54) is 25.3 Å². The topological polar surface area (TPSA) is 60.3 Å². The highest BCUT2D eigenvalue weighted by atomic mass is 19.1. The Hall–Kier alpha value is -3.41. The van der Waals surface area contributed by atoms with Crippen LogP contribution in [0.2, 0.25) is 0 Å². The molecule has 0 bridgehead atoms. The summed E-state index contributed by atoms with van der Waals surface area (Å²) in [6.07, 6.45) is 4.88. The van der Waals surface area contributed by atoms with Crippen LogP contribution in [0.4, 0.5) is 4.39 Å². The minimum Gasteiger partial charge on any atom is -0.467 e.